The average Bonchev–Trinajstić information content (AvgIpc) is 2.98. The molecule has 24 heavy (non-hydrogen) atoms. The molecule has 0 spiro atoms. The summed E-state index contributed by atoms with van der Waals surface area (Å²) in [5.74, 6) is -0.552. The summed E-state index contributed by atoms with van der Waals surface area (Å²) in [6, 6.07) is 5.30. The predicted molar refractivity (Wildman–Crippen MR) is 90.2 cm³/mol. The second-order valence-corrected chi connectivity index (χ2v) is 5.86. The van der Waals surface area contributed by atoms with E-state index in [0.29, 0.717) is 11.4 Å². The lowest BCUT2D eigenvalue weighted by molar-refractivity contribution is -0.119. The minimum Gasteiger partial charge on any atom is -0.356 e. The molecule has 0 aromatic carbocycles. The number of hydrazone groups is 1. The molecule has 0 bridgehead atoms. The van der Waals surface area contributed by atoms with Gasteiger partial charge in [0.25, 0.3) is 5.69 Å². The van der Waals surface area contributed by atoms with Gasteiger partial charge in [-0.3, -0.25) is 10.1 Å². The Kier molecular flexibility index (Phi) is 4.71. The first-order chi connectivity index (χ1) is 11.4. The molecule has 0 saturated heterocycles. The number of ketones is 1. The topological polar surface area (TPSA) is 91.8 Å². The molecule has 0 aliphatic carbocycles. The second kappa shape index (κ2) is 6.71. The number of carbonyl (C=O) groups excluding carboxylic acids is 1. The number of Topliss-reactive ketones (excluding diaryl/α,β-unsaturated/α-hetero) is 1. The molecule has 0 aliphatic heterocycles. The van der Waals surface area contributed by atoms with E-state index in [2.05, 4.69) is 35.4 Å². The number of anilines is 1. The molecule has 2 heterocycles. The molecule has 0 radical (unpaired) electrons. The summed E-state index contributed by atoms with van der Waals surface area (Å²) in [7, 11) is 0. The lowest BCUT2D eigenvalue weighted by atomic mass is 9.90. The first-order valence-electron chi connectivity index (χ1n) is 7.01. The molecule has 2 aromatic rings. The summed E-state index contributed by atoms with van der Waals surface area (Å²) >= 11 is 0. The summed E-state index contributed by atoms with van der Waals surface area (Å²) in [6.45, 7) is 19.5. The molecule has 0 saturated carbocycles. The Hall–Kier alpha value is -3.52. The number of H-pyrrole nitrogens is 1. The number of amidine groups is 1. The van der Waals surface area contributed by atoms with Crippen molar-refractivity contribution in [1.29, 1.82) is 0 Å². The van der Waals surface area contributed by atoms with E-state index < -0.39 is 11.2 Å². The summed E-state index contributed by atoms with van der Waals surface area (Å²) < 4.78 is 0. The Balaban J connectivity index is 2.34. The molecule has 2 N–H and O–H groups in total. The van der Waals surface area contributed by atoms with E-state index in [-0.39, 0.29) is 17.3 Å². The van der Waals surface area contributed by atoms with Gasteiger partial charge >= 0.3 is 5.84 Å². The maximum Gasteiger partial charge on any atom is 0.336 e. The predicted octanol–water partition coefficient (Wildman–Crippen LogP) is 3.28. The third kappa shape index (κ3) is 3.45. The van der Waals surface area contributed by atoms with Crippen LogP contribution in [0.15, 0.2) is 29.5 Å². The zero-order chi connectivity index (χ0) is 17.7. The molecule has 8 heteroatoms. The third-order valence-corrected chi connectivity index (χ3v) is 3.03. The molecule has 2 aromatic heterocycles. The smallest absolute Gasteiger partial charge is 0.336 e. The highest BCUT2D eigenvalue weighted by Crippen LogP contribution is 2.33. The molecule has 120 valence electrons. The molecule has 0 unspecified atom stereocenters. The van der Waals surface area contributed by atoms with Crippen LogP contribution >= 0.6 is 0 Å². The lowest BCUT2D eigenvalue weighted by Gasteiger charge is -2.14. The number of hydrogen-bond acceptors (Lipinski definition) is 5. The molecule has 0 atom stereocenters. The fourth-order valence-electron chi connectivity index (χ4n) is 1.78. The van der Waals surface area contributed by atoms with Crippen LogP contribution in [-0.4, -0.2) is 26.8 Å². The summed E-state index contributed by atoms with van der Waals surface area (Å²) in [5.41, 5.74) is 2.99. The zero-order valence-corrected chi connectivity index (χ0v) is 13.5. The Bertz CT molecular complexity index is 861. The Morgan fingerprint density at radius 3 is 2.62 bits per heavy atom. The lowest BCUT2D eigenvalue weighted by Crippen LogP contribution is -2.27. The van der Waals surface area contributed by atoms with Gasteiger partial charge in [0.15, 0.2) is 11.6 Å². The average molecular weight is 321 g/mol. The summed E-state index contributed by atoms with van der Waals surface area (Å²) in [5, 5.41) is 10.5. The van der Waals surface area contributed by atoms with Gasteiger partial charge in [-0.05, 0) is 17.2 Å². The van der Waals surface area contributed by atoms with Crippen LogP contribution in [0.25, 0.3) is 21.1 Å². The Morgan fingerprint density at radius 2 is 2.08 bits per heavy atom. The molecule has 0 amide bonds. The Morgan fingerprint density at radius 1 is 1.33 bits per heavy atom. The van der Waals surface area contributed by atoms with Crippen molar-refractivity contribution >= 4 is 23.1 Å². The van der Waals surface area contributed by atoms with Crippen LogP contribution in [0.5, 0.6) is 0 Å². The highest BCUT2D eigenvalue weighted by molar-refractivity contribution is 6.44. The third-order valence-electron chi connectivity index (χ3n) is 3.03. The minimum atomic E-state index is -0.724. The fourth-order valence-corrected chi connectivity index (χ4v) is 1.78. The maximum absolute atomic E-state index is 12.1. The van der Waals surface area contributed by atoms with Crippen LogP contribution in [-0.2, 0) is 4.79 Å². The van der Waals surface area contributed by atoms with Crippen molar-refractivity contribution in [1.82, 2.24) is 15.2 Å². The number of aromatic amines is 1. The molecule has 0 aliphatic rings. The standard InChI is InChI=1S/C16H15N7O/c1-16(2,3)13(24)15(18-5)23-22-14-12(17-4)11(20-21-14)10-8-6-7-9-19-10/h6-9H,1-3H3,(H2,20,21,22). The van der Waals surface area contributed by atoms with Crippen LogP contribution in [0, 0.1) is 18.6 Å². The Labute approximate surface area is 139 Å². The number of pyridine rings is 1. The minimum absolute atomic E-state index is 0.133. The first-order valence-corrected chi connectivity index (χ1v) is 7.01. The van der Waals surface area contributed by atoms with E-state index in [4.69, 9.17) is 13.1 Å². The quantitative estimate of drug-likeness (QED) is 0.391. The van der Waals surface area contributed by atoms with E-state index in [1.807, 2.05) is 0 Å². The highest BCUT2D eigenvalue weighted by atomic mass is 16.1. The van der Waals surface area contributed by atoms with Crippen molar-refractivity contribution in [2.45, 2.75) is 20.8 Å². The van der Waals surface area contributed by atoms with Crippen molar-refractivity contribution in [2.24, 2.45) is 10.5 Å². The number of hydrogen-bond donors (Lipinski definition) is 2. The highest BCUT2D eigenvalue weighted by Gasteiger charge is 2.27. The van der Waals surface area contributed by atoms with Gasteiger partial charge in [0.1, 0.15) is 0 Å². The van der Waals surface area contributed by atoms with Gasteiger partial charge in [-0.1, -0.05) is 33.4 Å². The van der Waals surface area contributed by atoms with Crippen molar-refractivity contribution in [3.8, 4) is 11.4 Å². The second-order valence-electron chi connectivity index (χ2n) is 5.86. The van der Waals surface area contributed by atoms with E-state index >= 15 is 0 Å². The van der Waals surface area contributed by atoms with Crippen LogP contribution in [0.1, 0.15) is 20.8 Å². The molecular weight excluding hydrogens is 306 g/mol. The number of rotatable bonds is 4. The van der Waals surface area contributed by atoms with Crippen molar-refractivity contribution in [3.63, 3.8) is 0 Å². The zero-order valence-electron chi connectivity index (χ0n) is 13.5. The van der Waals surface area contributed by atoms with Gasteiger partial charge in [0, 0.05) is 11.6 Å². The van der Waals surface area contributed by atoms with Crippen molar-refractivity contribution in [2.75, 3.05) is 5.43 Å². The van der Waals surface area contributed by atoms with Crippen molar-refractivity contribution in [3.05, 3.63) is 47.2 Å². The fraction of sp³-hybridized carbons (Fsp3) is 0.250. The van der Waals surface area contributed by atoms with Gasteiger partial charge < -0.3 is 9.64 Å². The summed E-state index contributed by atoms with van der Waals surface area (Å²) in [6.07, 6.45) is 1.61. The van der Waals surface area contributed by atoms with E-state index in [1.165, 1.54) is 0 Å². The SMILES string of the molecule is [C-]#[N+]C(=NNc1n[nH]c(-c2ccccn2)c1[N+]#[C-])C(=O)C(C)(C)C. The van der Waals surface area contributed by atoms with Crippen LogP contribution in [0.4, 0.5) is 11.5 Å². The molecular formula is C16H15N7O. The van der Waals surface area contributed by atoms with E-state index in [0.717, 1.165) is 0 Å². The number of carbonyl (C=O) groups is 1. The summed E-state index contributed by atoms with van der Waals surface area (Å²) in [4.78, 5) is 22.9. The normalized spacial score (nSPS) is 11.5. The number of aromatic nitrogens is 3. The van der Waals surface area contributed by atoms with Gasteiger partial charge in [-0.15, -0.1) is 0 Å². The van der Waals surface area contributed by atoms with Gasteiger partial charge in [0.2, 0.25) is 0 Å². The van der Waals surface area contributed by atoms with Gasteiger partial charge in [0.05, 0.1) is 18.0 Å². The largest absolute Gasteiger partial charge is 0.356 e. The maximum atomic E-state index is 12.1. The van der Waals surface area contributed by atoms with Crippen molar-refractivity contribution < 1.29 is 4.79 Å². The van der Waals surface area contributed by atoms with Crippen LogP contribution in [0.2, 0.25) is 0 Å². The molecule has 0 fully saturated rings. The molecule has 2 rings (SSSR count). The van der Waals surface area contributed by atoms with Gasteiger partial charge in [-0.25, -0.2) is 4.85 Å². The molecule has 8 nitrogen and oxygen atoms in total. The van der Waals surface area contributed by atoms with Crippen LogP contribution < -0.4 is 5.43 Å². The number of nitrogens with one attached hydrogen (secondary N) is 2. The van der Waals surface area contributed by atoms with Crippen LogP contribution in [0.3, 0.4) is 0 Å². The van der Waals surface area contributed by atoms with E-state index in [9.17, 15) is 4.79 Å². The number of nitrogens with zero attached hydrogens (tertiary/aromatic N) is 5. The monoisotopic (exact) mass is 321 g/mol. The van der Waals surface area contributed by atoms with Gasteiger partial charge in [-0.2, -0.15) is 10.5 Å². The van der Waals surface area contributed by atoms with E-state index in [1.54, 1.807) is 45.2 Å². The first kappa shape index (κ1) is 16.8.